The number of carbonyl (C=O) groups excluding carboxylic acids is 1. The van der Waals surface area contributed by atoms with Gasteiger partial charge in [0.2, 0.25) is 5.95 Å². The van der Waals surface area contributed by atoms with Gasteiger partial charge in [-0.3, -0.25) is 20.1 Å². The van der Waals surface area contributed by atoms with Gasteiger partial charge in [0.25, 0.3) is 5.91 Å². The van der Waals surface area contributed by atoms with Crippen molar-refractivity contribution < 1.29 is 4.79 Å². The molecule has 0 saturated heterocycles. The standard InChI is InChI=1S/C17H13N7OS/c1-10-13(26-16(20-10)12-7-3-5-9-19-12)15(25)22-17-21-14(23-24-17)11-6-2-4-8-18-11/h2-9H,1H3,(H2,21,22,23,24,25). The van der Waals surface area contributed by atoms with Gasteiger partial charge in [-0.2, -0.15) is 0 Å². The number of nitrogens with zero attached hydrogens (tertiary/aromatic N) is 5. The van der Waals surface area contributed by atoms with Gasteiger partial charge in [0.1, 0.15) is 15.6 Å². The SMILES string of the molecule is Cc1nc(-c2ccccn2)sc1C(=O)Nc1nnc(-c2ccccn2)[nH]1. The predicted molar refractivity (Wildman–Crippen MR) is 97.6 cm³/mol. The molecule has 0 radical (unpaired) electrons. The number of aryl methyl sites for hydroxylation is 1. The molecule has 4 heterocycles. The van der Waals surface area contributed by atoms with Gasteiger partial charge in [-0.15, -0.1) is 21.5 Å². The number of pyridine rings is 2. The first-order valence-corrected chi connectivity index (χ1v) is 8.56. The average Bonchev–Trinajstić information content (AvgIpc) is 3.30. The Labute approximate surface area is 152 Å². The highest BCUT2D eigenvalue weighted by Crippen LogP contribution is 2.26. The lowest BCUT2D eigenvalue weighted by Crippen LogP contribution is -2.12. The lowest BCUT2D eigenvalue weighted by atomic mass is 10.3. The second-order valence-electron chi connectivity index (χ2n) is 5.34. The molecule has 4 aromatic heterocycles. The van der Waals surface area contributed by atoms with Gasteiger partial charge in [-0.05, 0) is 31.2 Å². The molecule has 0 aromatic carbocycles. The summed E-state index contributed by atoms with van der Waals surface area (Å²) in [5.74, 6) is 0.435. The summed E-state index contributed by atoms with van der Waals surface area (Å²) in [5, 5.41) is 11.4. The Balaban J connectivity index is 1.54. The lowest BCUT2D eigenvalue weighted by molar-refractivity contribution is 0.102. The molecule has 8 nitrogen and oxygen atoms in total. The maximum absolute atomic E-state index is 12.6. The number of thiazole rings is 1. The van der Waals surface area contributed by atoms with E-state index in [0.29, 0.717) is 27.1 Å². The number of rotatable bonds is 4. The zero-order chi connectivity index (χ0) is 17.9. The van der Waals surface area contributed by atoms with Crippen LogP contribution >= 0.6 is 11.3 Å². The topological polar surface area (TPSA) is 109 Å². The van der Waals surface area contributed by atoms with Crippen LogP contribution in [0.1, 0.15) is 15.4 Å². The summed E-state index contributed by atoms with van der Waals surface area (Å²) in [6.45, 7) is 1.79. The molecule has 0 spiro atoms. The molecule has 0 aliphatic rings. The van der Waals surface area contributed by atoms with Crippen LogP contribution < -0.4 is 5.32 Å². The van der Waals surface area contributed by atoms with Crippen LogP contribution in [0.2, 0.25) is 0 Å². The number of hydrogen-bond acceptors (Lipinski definition) is 7. The van der Waals surface area contributed by atoms with E-state index in [1.165, 1.54) is 11.3 Å². The first-order chi connectivity index (χ1) is 12.7. The van der Waals surface area contributed by atoms with Crippen molar-refractivity contribution in [3.8, 4) is 22.2 Å². The predicted octanol–water partition coefficient (Wildman–Crippen LogP) is 2.95. The third-order valence-corrected chi connectivity index (χ3v) is 4.69. The number of amides is 1. The van der Waals surface area contributed by atoms with Gasteiger partial charge in [0.05, 0.1) is 11.4 Å². The molecule has 0 aliphatic heterocycles. The molecule has 9 heteroatoms. The van der Waals surface area contributed by atoms with Gasteiger partial charge in [-0.1, -0.05) is 12.1 Å². The summed E-state index contributed by atoms with van der Waals surface area (Å²) in [6.07, 6.45) is 3.36. The van der Waals surface area contributed by atoms with Crippen LogP contribution in [0.15, 0.2) is 48.8 Å². The molecular weight excluding hydrogens is 350 g/mol. The molecule has 0 saturated carbocycles. The molecule has 0 fully saturated rings. The highest BCUT2D eigenvalue weighted by atomic mass is 32.1. The molecule has 0 bridgehead atoms. The molecule has 4 aromatic rings. The van der Waals surface area contributed by atoms with Gasteiger partial charge >= 0.3 is 0 Å². The summed E-state index contributed by atoms with van der Waals surface area (Å²) in [5.41, 5.74) is 2.02. The number of H-pyrrole nitrogens is 1. The van der Waals surface area contributed by atoms with Crippen molar-refractivity contribution >= 4 is 23.2 Å². The minimum absolute atomic E-state index is 0.253. The van der Waals surface area contributed by atoms with E-state index in [1.54, 1.807) is 25.4 Å². The smallest absolute Gasteiger partial charge is 0.270 e. The zero-order valence-corrected chi connectivity index (χ0v) is 14.5. The van der Waals surface area contributed by atoms with Crippen molar-refractivity contribution in [2.45, 2.75) is 6.92 Å². The molecule has 0 aliphatic carbocycles. The maximum Gasteiger partial charge on any atom is 0.270 e. The molecule has 4 rings (SSSR count). The molecular formula is C17H13N7OS. The molecule has 128 valence electrons. The highest BCUT2D eigenvalue weighted by Gasteiger charge is 2.18. The third-order valence-electron chi connectivity index (χ3n) is 3.51. The second kappa shape index (κ2) is 6.81. The average molecular weight is 363 g/mol. The van der Waals surface area contributed by atoms with E-state index in [-0.39, 0.29) is 11.9 Å². The van der Waals surface area contributed by atoms with Crippen LogP contribution in [0.25, 0.3) is 22.2 Å². The highest BCUT2D eigenvalue weighted by molar-refractivity contribution is 7.17. The number of hydrogen-bond donors (Lipinski definition) is 2. The van der Waals surface area contributed by atoms with Crippen molar-refractivity contribution in [2.24, 2.45) is 0 Å². The van der Waals surface area contributed by atoms with Crippen LogP contribution in [-0.4, -0.2) is 36.0 Å². The Hall–Kier alpha value is -3.46. The number of anilines is 1. The Morgan fingerprint density at radius 1 is 1.04 bits per heavy atom. The third kappa shape index (κ3) is 3.20. The van der Waals surface area contributed by atoms with E-state index in [9.17, 15) is 4.79 Å². The van der Waals surface area contributed by atoms with Crippen molar-refractivity contribution in [3.63, 3.8) is 0 Å². The Kier molecular flexibility index (Phi) is 4.20. The number of nitrogens with one attached hydrogen (secondary N) is 2. The molecule has 26 heavy (non-hydrogen) atoms. The first-order valence-electron chi connectivity index (χ1n) is 7.75. The summed E-state index contributed by atoms with van der Waals surface area (Å²) in [6, 6.07) is 11.0. The largest absolute Gasteiger partial charge is 0.306 e. The molecule has 0 atom stereocenters. The van der Waals surface area contributed by atoms with E-state index in [1.807, 2.05) is 30.3 Å². The van der Waals surface area contributed by atoms with Crippen LogP contribution in [0.3, 0.4) is 0 Å². The van der Waals surface area contributed by atoms with Gasteiger partial charge in [-0.25, -0.2) is 4.98 Å². The maximum atomic E-state index is 12.6. The normalized spacial score (nSPS) is 10.7. The second-order valence-corrected chi connectivity index (χ2v) is 6.34. The van der Waals surface area contributed by atoms with Crippen molar-refractivity contribution in [3.05, 3.63) is 59.4 Å². The Morgan fingerprint density at radius 2 is 1.77 bits per heavy atom. The summed E-state index contributed by atoms with van der Waals surface area (Å²) >= 11 is 1.28. The molecule has 2 N–H and O–H groups in total. The van der Waals surface area contributed by atoms with Crippen LogP contribution in [-0.2, 0) is 0 Å². The van der Waals surface area contributed by atoms with Crippen molar-refractivity contribution in [1.29, 1.82) is 0 Å². The van der Waals surface area contributed by atoms with Gasteiger partial charge in [0, 0.05) is 12.4 Å². The minimum atomic E-state index is -0.300. The van der Waals surface area contributed by atoms with Crippen LogP contribution in [0.5, 0.6) is 0 Å². The number of aromatic nitrogens is 6. The fourth-order valence-corrected chi connectivity index (χ4v) is 3.25. The quantitative estimate of drug-likeness (QED) is 0.577. The van der Waals surface area contributed by atoms with Crippen LogP contribution in [0.4, 0.5) is 5.95 Å². The van der Waals surface area contributed by atoms with Gasteiger partial charge in [0.15, 0.2) is 5.82 Å². The fourth-order valence-electron chi connectivity index (χ4n) is 2.31. The van der Waals surface area contributed by atoms with Crippen molar-refractivity contribution in [2.75, 3.05) is 5.32 Å². The fraction of sp³-hybridized carbons (Fsp3) is 0.0588. The van der Waals surface area contributed by atoms with E-state index in [0.717, 1.165) is 5.69 Å². The number of carbonyl (C=O) groups is 1. The van der Waals surface area contributed by atoms with E-state index >= 15 is 0 Å². The van der Waals surface area contributed by atoms with Crippen LogP contribution in [0, 0.1) is 6.92 Å². The monoisotopic (exact) mass is 363 g/mol. The molecule has 0 unspecified atom stereocenters. The van der Waals surface area contributed by atoms with E-state index in [4.69, 9.17) is 0 Å². The van der Waals surface area contributed by atoms with Crippen molar-refractivity contribution in [1.82, 2.24) is 30.1 Å². The summed E-state index contributed by atoms with van der Waals surface area (Å²) in [4.78, 5) is 28.9. The minimum Gasteiger partial charge on any atom is -0.306 e. The van der Waals surface area contributed by atoms with Gasteiger partial charge < -0.3 is 4.98 Å². The number of aromatic amines is 1. The van der Waals surface area contributed by atoms with E-state index in [2.05, 4.69) is 35.5 Å². The zero-order valence-electron chi connectivity index (χ0n) is 13.7. The first kappa shape index (κ1) is 16.0. The summed E-state index contributed by atoms with van der Waals surface area (Å²) < 4.78 is 0. The van der Waals surface area contributed by atoms with E-state index < -0.39 is 0 Å². The summed E-state index contributed by atoms with van der Waals surface area (Å²) in [7, 11) is 0. The Morgan fingerprint density at radius 3 is 2.46 bits per heavy atom. The lowest BCUT2D eigenvalue weighted by Gasteiger charge is -1.99. The molecule has 1 amide bonds. The Bertz CT molecular complexity index is 1040.